The molecular weight excluding hydrogens is 470 g/mol. The van der Waals surface area contributed by atoms with E-state index in [0.717, 1.165) is 0 Å². The lowest BCUT2D eigenvalue weighted by Crippen LogP contribution is -2.61. The van der Waals surface area contributed by atoms with E-state index in [2.05, 4.69) is 4.72 Å². The molecule has 0 spiro atoms. The van der Waals surface area contributed by atoms with Crippen LogP contribution in [0.15, 0.2) is 0 Å². The molecule has 0 amide bonds. The molecule has 5 unspecified atom stereocenters. The van der Waals surface area contributed by atoms with Gasteiger partial charge in [-0.1, -0.05) is 6.92 Å². The summed E-state index contributed by atoms with van der Waals surface area (Å²) in [5, 5.41) is 30.6. The van der Waals surface area contributed by atoms with E-state index in [1.165, 1.54) is 7.11 Å². The van der Waals surface area contributed by atoms with Crippen LogP contribution in [0.4, 0.5) is 0 Å². The first-order valence-electron chi connectivity index (χ1n) is 10.3. The summed E-state index contributed by atoms with van der Waals surface area (Å²) in [5.41, 5.74) is 0. The van der Waals surface area contributed by atoms with Crippen molar-refractivity contribution in [3.63, 3.8) is 0 Å². The van der Waals surface area contributed by atoms with Crippen molar-refractivity contribution in [1.29, 1.82) is 0 Å². The monoisotopic (exact) mass is 503 g/mol. The average Bonchev–Trinajstić information content (AvgIpc) is 2.76. The van der Waals surface area contributed by atoms with Crippen LogP contribution in [-0.4, -0.2) is 107 Å². The molecule has 2 fully saturated rings. The van der Waals surface area contributed by atoms with Crippen molar-refractivity contribution < 1.29 is 52.4 Å². The summed E-state index contributed by atoms with van der Waals surface area (Å²) >= 11 is 0.529. The van der Waals surface area contributed by atoms with Crippen molar-refractivity contribution in [2.75, 3.05) is 33.5 Å². The third kappa shape index (κ3) is 7.38. The van der Waals surface area contributed by atoms with Gasteiger partial charge in [0.1, 0.15) is 6.10 Å². The summed E-state index contributed by atoms with van der Waals surface area (Å²) in [5.74, 6) is -2.22. The fourth-order valence-electron chi connectivity index (χ4n) is 4.28. The quantitative estimate of drug-likeness (QED) is 0.149. The van der Waals surface area contributed by atoms with Crippen LogP contribution >= 0.6 is 24.6 Å². The molecule has 0 aliphatic carbocycles. The maximum atomic E-state index is 11.5. The van der Waals surface area contributed by atoms with Crippen LogP contribution in [0.25, 0.3) is 0 Å². The summed E-state index contributed by atoms with van der Waals surface area (Å²) in [6.45, 7) is 1.92. The highest BCUT2D eigenvalue weighted by Gasteiger charge is 2.46. The van der Waals surface area contributed by atoms with E-state index in [1.54, 1.807) is 6.92 Å². The Bertz CT molecular complexity index is 561. The van der Waals surface area contributed by atoms with Gasteiger partial charge >= 0.3 is 5.97 Å². The van der Waals surface area contributed by atoms with Crippen molar-refractivity contribution in [3.8, 4) is 0 Å². The molecule has 2 rings (SSSR count). The molecule has 32 heavy (non-hydrogen) atoms. The molecule has 12 nitrogen and oxygen atoms in total. The number of aliphatic hydroxyl groups is 2. The molecule has 0 bridgehead atoms. The standard InChI is InChI=1S/C18H33NO11S2/c1-3-10-12(20)4-9(29-17(10)18(22)23)5-27-6-11-13(8-28-32-25)30-14(7-26-2)15(16(11)21)19-31-24/h9-17,19-21,24-25H,3-8H2,1-2H3,(H,22,23)/t9-,10-,11+,12?,13?,14+,15?,16?,17?/m0/s1. The fourth-order valence-corrected chi connectivity index (χ4v) is 4.88. The summed E-state index contributed by atoms with van der Waals surface area (Å²) in [6, 6.07) is -0.675. The van der Waals surface area contributed by atoms with E-state index in [9.17, 15) is 24.7 Å². The van der Waals surface area contributed by atoms with Crippen LogP contribution in [0, 0.1) is 11.8 Å². The largest absolute Gasteiger partial charge is 0.479 e. The van der Waals surface area contributed by atoms with Crippen molar-refractivity contribution in [1.82, 2.24) is 4.72 Å². The molecule has 0 aromatic rings. The van der Waals surface area contributed by atoms with E-state index < -0.39 is 60.5 Å². The van der Waals surface area contributed by atoms with Gasteiger partial charge in [-0.3, -0.25) is 4.18 Å². The van der Waals surface area contributed by atoms with Gasteiger partial charge < -0.3 is 43.4 Å². The van der Waals surface area contributed by atoms with E-state index in [-0.39, 0.29) is 45.2 Å². The van der Waals surface area contributed by atoms with E-state index in [0.29, 0.717) is 18.6 Å². The summed E-state index contributed by atoms with van der Waals surface area (Å²) < 4.78 is 48.3. The lowest BCUT2D eigenvalue weighted by molar-refractivity contribution is -0.199. The zero-order chi connectivity index (χ0) is 23.7. The second-order valence-electron chi connectivity index (χ2n) is 7.85. The summed E-state index contributed by atoms with van der Waals surface area (Å²) in [6.07, 6.45) is -4.12. The minimum atomic E-state index is -1.13. The highest BCUT2D eigenvalue weighted by atomic mass is 32.2. The Hall–Kier alpha value is -0.230. The summed E-state index contributed by atoms with van der Waals surface area (Å²) in [7, 11) is 1.48. The number of ether oxygens (including phenoxy) is 4. The Morgan fingerprint density at radius 1 is 1.09 bits per heavy atom. The molecule has 14 heteroatoms. The Labute approximate surface area is 195 Å². The molecule has 2 aliphatic rings. The van der Waals surface area contributed by atoms with Gasteiger partial charge in [-0.15, -0.1) is 0 Å². The Kier molecular flexibility index (Phi) is 12.5. The van der Waals surface area contributed by atoms with Gasteiger partial charge in [-0.05, 0) is 6.42 Å². The highest BCUT2D eigenvalue weighted by molar-refractivity contribution is 7.91. The van der Waals surface area contributed by atoms with Gasteiger partial charge in [0.25, 0.3) is 0 Å². The van der Waals surface area contributed by atoms with Crippen molar-refractivity contribution in [3.05, 3.63) is 0 Å². The smallest absolute Gasteiger partial charge is 0.333 e. The third-order valence-electron chi connectivity index (χ3n) is 5.89. The number of methoxy groups -OCH3 is 1. The first-order valence-corrected chi connectivity index (χ1v) is 11.8. The van der Waals surface area contributed by atoms with Crippen molar-refractivity contribution in [2.45, 2.75) is 62.4 Å². The maximum absolute atomic E-state index is 11.5. The highest BCUT2D eigenvalue weighted by Crippen LogP contribution is 2.31. The van der Waals surface area contributed by atoms with Crippen LogP contribution in [0.1, 0.15) is 19.8 Å². The van der Waals surface area contributed by atoms with Gasteiger partial charge in [0.05, 0.1) is 69.1 Å². The second kappa shape index (κ2) is 14.2. The molecule has 6 N–H and O–H groups in total. The number of hydrogen-bond donors (Lipinski definition) is 6. The lowest BCUT2D eigenvalue weighted by Gasteiger charge is -2.44. The molecule has 0 radical (unpaired) electrons. The lowest BCUT2D eigenvalue weighted by atomic mass is 9.86. The van der Waals surface area contributed by atoms with Crippen molar-refractivity contribution >= 4 is 30.5 Å². The van der Waals surface area contributed by atoms with Gasteiger partial charge in [-0.2, -0.15) is 0 Å². The molecule has 0 saturated carbocycles. The molecule has 0 aromatic carbocycles. The normalized spacial score (nSPS) is 38.0. The number of carbonyl (C=O) groups is 1. The predicted octanol–water partition coefficient (Wildman–Crippen LogP) is 0.240. The predicted molar refractivity (Wildman–Crippen MR) is 115 cm³/mol. The number of carboxylic acids is 1. The Morgan fingerprint density at radius 2 is 1.84 bits per heavy atom. The SMILES string of the molecule is CC[C@H]1C(O)C[C@@H](COC[C@@H]2C(COSO)O[C@H](COC)C(NSO)C2O)OC1C(=O)O. The van der Waals surface area contributed by atoms with Crippen LogP contribution in [0.3, 0.4) is 0 Å². The number of carboxylic acid groups (broad SMARTS) is 1. The van der Waals surface area contributed by atoms with Crippen LogP contribution < -0.4 is 4.72 Å². The molecule has 2 aliphatic heterocycles. The van der Waals surface area contributed by atoms with E-state index in [1.807, 2.05) is 0 Å². The maximum Gasteiger partial charge on any atom is 0.333 e. The van der Waals surface area contributed by atoms with E-state index in [4.69, 9.17) is 27.7 Å². The van der Waals surface area contributed by atoms with Gasteiger partial charge in [0.15, 0.2) is 18.4 Å². The van der Waals surface area contributed by atoms with Crippen LogP contribution in [0.5, 0.6) is 0 Å². The topological polar surface area (TPSA) is 176 Å². The van der Waals surface area contributed by atoms with Crippen molar-refractivity contribution in [2.24, 2.45) is 11.8 Å². The average molecular weight is 504 g/mol. The molecular formula is C18H33NO11S2. The van der Waals surface area contributed by atoms with Gasteiger partial charge in [0, 0.05) is 25.4 Å². The Morgan fingerprint density at radius 3 is 2.44 bits per heavy atom. The number of hydrogen-bond acceptors (Lipinski definition) is 13. The number of rotatable bonds is 13. The third-order valence-corrected chi connectivity index (χ3v) is 6.51. The number of nitrogens with one attached hydrogen (secondary N) is 1. The van der Waals surface area contributed by atoms with E-state index >= 15 is 0 Å². The number of aliphatic hydroxyl groups excluding tert-OH is 2. The zero-order valence-electron chi connectivity index (χ0n) is 17.9. The second-order valence-corrected chi connectivity index (χ2v) is 8.65. The first kappa shape index (κ1) is 28.0. The van der Waals surface area contributed by atoms with Gasteiger partial charge in [-0.25, -0.2) is 9.52 Å². The van der Waals surface area contributed by atoms with Gasteiger partial charge in [0.2, 0.25) is 0 Å². The molecule has 2 saturated heterocycles. The zero-order valence-corrected chi connectivity index (χ0v) is 19.6. The van der Waals surface area contributed by atoms with Crippen LogP contribution in [-0.2, 0) is 27.9 Å². The fraction of sp³-hybridized carbons (Fsp3) is 0.944. The molecule has 9 atom stereocenters. The molecule has 0 aromatic heterocycles. The first-order chi connectivity index (χ1) is 15.4. The minimum absolute atomic E-state index is 0.00413. The summed E-state index contributed by atoms with van der Waals surface area (Å²) in [4.78, 5) is 11.5. The molecule has 188 valence electrons. The minimum Gasteiger partial charge on any atom is -0.479 e. The van der Waals surface area contributed by atoms with Crippen LogP contribution in [0.2, 0.25) is 0 Å². The Balaban J connectivity index is 2.00. The number of aliphatic carboxylic acids is 1. The molecule has 2 heterocycles.